The molecule has 0 N–H and O–H groups in total. The van der Waals surface area contributed by atoms with Crippen molar-refractivity contribution in [3.05, 3.63) is 122 Å². The van der Waals surface area contributed by atoms with Crippen molar-refractivity contribution < 1.29 is 28.6 Å². The highest BCUT2D eigenvalue weighted by Gasteiger charge is 2.19. The van der Waals surface area contributed by atoms with Crippen molar-refractivity contribution >= 4 is 17.9 Å². The lowest BCUT2D eigenvalue weighted by Crippen LogP contribution is -2.30. The van der Waals surface area contributed by atoms with E-state index < -0.39 is 6.10 Å². The van der Waals surface area contributed by atoms with Crippen LogP contribution in [0.3, 0.4) is 0 Å². The molecule has 1 unspecified atom stereocenters. The summed E-state index contributed by atoms with van der Waals surface area (Å²) in [5.41, 5.74) is 0. The lowest BCUT2D eigenvalue weighted by Gasteiger charge is -2.18. The minimum atomic E-state index is -0.828. The van der Waals surface area contributed by atoms with Crippen molar-refractivity contribution in [2.45, 2.75) is 297 Å². The van der Waals surface area contributed by atoms with Gasteiger partial charge in [-0.1, -0.05) is 277 Å². The number of hydrogen-bond acceptors (Lipinski definition) is 6. The first-order valence-corrected chi connectivity index (χ1v) is 32.0. The highest BCUT2D eigenvalue weighted by molar-refractivity contribution is 5.71. The summed E-state index contributed by atoms with van der Waals surface area (Å²) in [6, 6.07) is 0. The van der Waals surface area contributed by atoms with Gasteiger partial charge >= 0.3 is 17.9 Å². The Morgan fingerprint density at radius 1 is 0.273 bits per heavy atom. The molecule has 0 aliphatic heterocycles. The highest BCUT2D eigenvalue weighted by Crippen LogP contribution is 2.16. The molecule has 0 spiro atoms. The van der Waals surface area contributed by atoms with E-state index in [9.17, 15) is 14.4 Å². The van der Waals surface area contributed by atoms with Crippen LogP contribution < -0.4 is 0 Å². The Morgan fingerprint density at radius 3 is 0.896 bits per heavy atom. The molecule has 0 rings (SSSR count). The number of rotatable bonds is 57. The fourth-order valence-electron chi connectivity index (χ4n) is 8.71. The fourth-order valence-corrected chi connectivity index (χ4v) is 8.71. The summed E-state index contributed by atoms with van der Waals surface area (Å²) in [6.45, 7) is 6.33. The van der Waals surface area contributed by atoms with Crippen molar-refractivity contribution in [3.63, 3.8) is 0 Å². The lowest BCUT2D eigenvalue weighted by atomic mass is 10.0. The Balaban J connectivity index is 4.36. The highest BCUT2D eigenvalue weighted by atomic mass is 16.6. The van der Waals surface area contributed by atoms with Gasteiger partial charge in [-0.05, 0) is 116 Å². The van der Waals surface area contributed by atoms with Gasteiger partial charge in [0.15, 0.2) is 6.10 Å². The van der Waals surface area contributed by atoms with Crippen LogP contribution in [0.5, 0.6) is 0 Å². The third kappa shape index (κ3) is 62.5. The Kier molecular flexibility index (Phi) is 60.8. The van der Waals surface area contributed by atoms with Gasteiger partial charge in [-0.2, -0.15) is 0 Å². The monoisotopic (exact) mass is 1070 g/mol. The van der Waals surface area contributed by atoms with Crippen LogP contribution in [0.1, 0.15) is 290 Å². The summed E-state index contributed by atoms with van der Waals surface area (Å²) in [5.74, 6) is -1.03. The van der Waals surface area contributed by atoms with Crippen LogP contribution in [0, 0.1) is 0 Å². The van der Waals surface area contributed by atoms with Crippen LogP contribution in [0.4, 0.5) is 0 Å². The van der Waals surface area contributed by atoms with Crippen LogP contribution in [0.15, 0.2) is 122 Å². The average molecular weight is 1070 g/mol. The first kappa shape index (κ1) is 72.8. The molecule has 0 bridgehead atoms. The molecule has 6 heteroatoms. The molecule has 438 valence electrons. The maximum Gasteiger partial charge on any atom is 0.306 e. The second kappa shape index (κ2) is 64.3. The van der Waals surface area contributed by atoms with Crippen molar-refractivity contribution in [1.82, 2.24) is 0 Å². The Labute approximate surface area is 475 Å². The molecule has 0 saturated heterocycles. The van der Waals surface area contributed by atoms with Crippen LogP contribution in [0.25, 0.3) is 0 Å². The van der Waals surface area contributed by atoms with E-state index in [-0.39, 0.29) is 44.0 Å². The second-order valence-electron chi connectivity index (χ2n) is 20.9. The number of allylic oxidation sites excluding steroid dienone is 20. The first-order chi connectivity index (χ1) is 38.0. The van der Waals surface area contributed by atoms with Gasteiger partial charge in [0.2, 0.25) is 0 Å². The van der Waals surface area contributed by atoms with E-state index in [4.69, 9.17) is 14.2 Å². The molecule has 1 atom stereocenters. The second-order valence-corrected chi connectivity index (χ2v) is 20.9. The van der Waals surface area contributed by atoms with E-state index in [0.717, 1.165) is 96.3 Å². The predicted molar refractivity (Wildman–Crippen MR) is 334 cm³/mol. The maximum absolute atomic E-state index is 12.9. The number of carbonyl (C=O) groups excluding carboxylic acids is 3. The van der Waals surface area contributed by atoms with E-state index in [2.05, 4.69) is 130 Å². The number of ether oxygens (including phenoxy) is 3. The Hall–Kier alpha value is -4.19. The van der Waals surface area contributed by atoms with E-state index >= 15 is 0 Å². The Morgan fingerprint density at radius 2 is 0.532 bits per heavy atom. The third-order valence-electron chi connectivity index (χ3n) is 13.4. The SMILES string of the molecule is CC/C=C\C/C=C\C/C=C\C/C=C\C/C=C\CCCCCC(=O)OC(COC(=O)CC/C=C\C/C=C\C/C=C\C/C=C\CC)COC(=O)CCCCCCCCCCCCCCCCC/C=C\CCCCCCCCCC. The zero-order valence-electron chi connectivity index (χ0n) is 50.2. The van der Waals surface area contributed by atoms with E-state index in [1.165, 1.54) is 141 Å². The molecule has 0 aliphatic rings. The summed E-state index contributed by atoms with van der Waals surface area (Å²) in [6.07, 6.45) is 89.5. The zero-order chi connectivity index (χ0) is 55.7. The number of hydrogen-bond donors (Lipinski definition) is 0. The van der Waals surface area contributed by atoms with Gasteiger partial charge in [0, 0.05) is 19.3 Å². The average Bonchev–Trinajstić information content (AvgIpc) is 3.43. The molecule has 0 amide bonds. The van der Waals surface area contributed by atoms with Crippen LogP contribution in [-0.2, 0) is 28.6 Å². The Bertz CT molecular complexity index is 1600. The largest absolute Gasteiger partial charge is 0.462 e. The van der Waals surface area contributed by atoms with Crippen molar-refractivity contribution in [2.75, 3.05) is 13.2 Å². The van der Waals surface area contributed by atoms with Crippen molar-refractivity contribution in [2.24, 2.45) is 0 Å². The molecule has 0 radical (unpaired) electrons. The summed E-state index contributed by atoms with van der Waals surface area (Å²) >= 11 is 0. The van der Waals surface area contributed by atoms with Gasteiger partial charge in [0.1, 0.15) is 13.2 Å². The summed E-state index contributed by atoms with van der Waals surface area (Å²) in [4.78, 5) is 38.2. The third-order valence-corrected chi connectivity index (χ3v) is 13.4. The van der Waals surface area contributed by atoms with Crippen molar-refractivity contribution in [3.8, 4) is 0 Å². The lowest BCUT2D eigenvalue weighted by molar-refractivity contribution is -0.166. The summed E-state index contributed by atoms with van der Waals surface area (Å²) in [7, 11) is 0. The van der Waals surface area contributed by atoms with Gasteiger partial charge in [-0.15, -0.1) is 0 Å². The summed E-state index contributed by atoms with van der Waals surface area (Å²) < 4.78 is 16.8. The summed E-state index contributed by atoms with van der Waals surface area (Å²) in [5, 5.41) is 0. The number of unbranched alkanes of at least 4 members (excludes halogenated alkanes) is 26. The van der Waals surface area contributed by atoms with Crippen LogP contribution in [-0.4, -0.2) is 37.2 Å². The van der Waals surface area contributed by atoms with Gasteiger partial charge in [0.25, 0.3) is 0 Å². The molecule has 0 fully saturated rings. The molecular formula is C71H118O6. The fraction of sp³-hybridized carbons (Fsp3) is 0.676. The van der Waals surface area contributed by atoms with E-state index in [1.807, 2.05) is 12.2 Å². The quantitative estimate of drug-likeness (QED) is 0.0261. The smallest absolute Gasteiger partial charge is 0.306 e. The molecule has 0 aromatic carbocycles. The molecule has 0 aromatic heterocycles. The van der Waals surface area contributed by atoms with Gasteiger partial charge in [-0.25, -0.2) is 0 Å². The van der Waals surface area contributed by atoms with Gasteiger partial charge < -0.3 is 14.2 Å². The minimum absolute atomic E-state index is 0.115. The molecular weight excluding hydrogens is 949 g/mol. The van der Waals surface area contributed by atoms with E-state index in [0.29, 0.717) is 19.3 Å². The normalized spacial score (nSPS) is 12.9. The van der Waals surface area contributed by atoms with Crippen molar-refractivity contribution in [1.29, 1.82) is 0 Å². The standard InChI is InChI=1S/C71H118O6/c1-4-7-10-13-16-19-22-25-27-29-31-32-33-34-35-36-37-38-40-41-43-46-49-52-55-58-61-64-70(73)76-67-68(66-75-69(72)63-60-57-54-51-48-45-24-21-18-15-12-9-6-3)77-71(74)65-62-59-56-53-50-47-44-42-39-30-28-26-23-20-17-14-11-8-5-2/h8-9,11-12,17-18,20-21,26,28-29,31,39,42,45,47-48,50,54,57,68H,4-7,10,13-16,19,22-25,27,30,32-38,40-41,43-44,46,49,51-53,55-56,58-67H2,1-3H3/b11-8-,12-9-,20-17-,21-18-,28-26-,31-29-,42-39-,48-45-,50-47-,57-54-. The zero-order valence-corrected chi connectivity index (χ0v) is 50.2. The number of esters is 3. The predicted octanol–water partition coefficient (Wildman–Crippen LogP) is 22.0. The number of carbonyl (C=O) groups is 3. The van der Waals surface area contributed by atoms with Crippen LogP contribution >= 0.6 is 0 Å². The molecule has 0 heterocycles. The molecule has 0 aromatic rings. The molecule has 77 heavy (non-hydrogen) atoms. The molecule has 0 saturated carbocycles. The van der Waals surface area contributed by atoms with Gasteiger partial charge in [0.05, 0.1) is 0 Å². The topological polar surface area (TPSA) is 78.9 Å². The van der Waals surface area contributed by atoms with Gasteiger partial charge in [-0.3, -0.25) is 14.4 Å². The minimum Gasteiger partial charge on any atom is -0.462 e. The molecule has 0 aliphatic carbocycles. The maximum atomic E-state index is 12.9. The van der Waals surface area contributed by atoms with E-state index in [1.54, 1.807) is 0 Å². The first-order valence-electron chi connectivity index (χ1n) is 32.0. The van der Waals surface area contributed by atoms with Crippen LogP contribution in [0.2, 0.25) is 0 Å². The molecule has 6 nitrogen and oxygen atoms in total.